The second-order valence-corrected chi connectivity index (χ2v) is 7.56. The Hall–Kier alpha value is -3.26. The number of ether oxygens (including phenoxy) is 1. The van der Waals surface area contributed by atoms with Crippen molar-refractivity contribution in [2.75, 3.05) is 0 Å². The lowest BCUT2D eigenvalue weighted by Gasteiger charge is -2.28. The maximum Gasteiger partial charge on any atom is 0.331 e. The number of allylic oxidation sites excluding steroid dienone is 2. The monoisotopic (exact) mass is 413 g/mol. The summed E-state index contributed by atoms with van der Waals surface area (Å²) in [5.41, 5.74) is 10.9. The van der Waals surface area contributed by atoms with Crippen molar-refractivity contribution in [3.8, 4) is 0 Å². The molecule has 0 spiro atoms. The fourth-order valence-electron chi connectivity index (χ4n) is 3.02. The smallest absolute Gasteiger partial charge is 0.331 e. The van der Waals surface area contributed by atoms with Gasteiger partial charge in [-0.25, -0.2) is 4.79 Å². The predicted molar refractivity (Wildman–Crippen MR) is 112 cm³/mol. The zero-order chi connectivity index (χ0) is 22.5. The van der Waals surface area contributed by atoms with E-state index in [1.165, 1.54) is 13.8 Å². The molecule has 0 saturated heterocycles. The molecule has 0 aliphatic carbocycles. The predicted octanol–water partition coefficient (Wildman–Crippen LogP) is 2.09. The number of primary amides is 1. The summed E-state index contributed by atoms with van der Waals surface area (Å²) in [5.74, 6) is -2.98. The number of benzene rings is 1. The maximum absolute atomic E-state index is 13.4. The van der Waals surface area contributed by atoms with E-state index in [2.05, 4.69) is 0 Å². The van der Waals surface area contributed by atoms with Gasteiger partial charge in [0.1, 0.15) is 6.04 Å². The lowest BCUT2D eigenvalue weighted by molar-refractivity contribution is -0.162. The van der Waals surface area contributed by atoms with Crippen molar-refractivity contribution >= 4 is 34.5 Å². The Morgan fingerprint density at radius 1 is 1.17 bits per heavy atom. The average Bonchev–Trinajstić information content (AvgIpc) is 3.07. The number of hydrogen-bond donors (Lipinski definition) is 2. The molecule has 2 rings (SSSR count). The van der Waals surface area contributed by atoms with E-state index in [0.717, 1.165) is 10.9 Å². The van der Waals surface area contributed by atoms with Crippen molar-refractivity contribution in [3.05, 3.63) is 48.2 Å². The highest BCUT2D eigenvalue weighted by Gasteiger charge is 2.42. The molecule has 0 aliphatic heterocycles. The van der Waals surface area contributed by atoms with Gasteiger partial charge in [0, 0.05) is 23.9 Å². The lowest BCUT2D eigenvalue weighted by atomic mass is 9.79. The second kappa shape index (κ2) is 9.49. The number of nitrogens with two attached hydrogens (primary N) is 2. The van der Waals surface area contributed by atoms with Gasteiger partial charge in [-0.05, 0) is 19.1 Å². The summed E-state index contributed by atoms with van der Waals surface area (Å²) in [5, 5.41) is 0.888. The van der Waals surface area contributed by atoms with E-state index in [4.69, 9.17) is 16.2 Å². The standard InChI is InChI=1S/C22H27N3O5/c1-4-5-12-25-15-9-7-6-8-14(15)13-16(25)20(28)22(2,3)19(24)21(29)30-18(27)11-10-17(23)26/h4-9,13,19H,10-12,24H2,1-3H3,(H2,23,26)/t19-/m1/s1. The first-order valence-electron chi connectivity index (χ1n) is 9.62. The number of aromatic nitrogens is 1. The number of esters is 2. The van der Waals surface area contributed by atoms with Crippen LogP contribution in [0.2, 0.25) is 0 Å². The zero-order valence-corrected chi connectivity index (χ0v) is 17.4. The molecule has 8 heteroatoms. The molecule has 0 bridgehead atoms. The van der Waals surface area contributed by atoms with Crippen LogP contribution in [-0.2, 0) is 25.7 Å². The SMILES string of the molecule is CC=CCn1c(C(=O)C(C)(C)[C@H](N)C(=O)OC(=O)CCC(N)=O)cc2ccccc21. The van der Waals surface area contributed by atoms with Crippen molar-refractivity contribution in [2.24, 2.45) is 16.9 Å². The van der Waals surface area contributed by atoms with Crippen molar-refractivity contribution in [2.45, 2.75) is 46.2 Å². The number of carbonyl (C=O) groups excluding carboxylic acids is 4. The van der Waals surface area contributed by atoms with Crippen LogP contribution in [0.3, 0.4) is 0 Å². The van der Waals surface area contributed by atoms with Gasteiger partial charge in [-0.3, -0.25) is 14.4 Å². The summed E-state index contributed by atoms with van der Waals surface area (Å²) >= 11 is 0. The Kier molecular flexibility index (Phi) is 7.28. The van der Waals surface area contributed by atoms with Crippen LogP contribution in [0, 0.1) is 5.41 Å². The van der Waals surface area contributed by atoms with Crippen LogP contribution in [0.4, 0.5) is 0 Å². The number of hydrogen-bond acceptors (Lipinski definition) is 6. The molecule has 0 unspecified atom stereocenters. The van der Waals surface area contributed by atoms with Gasteiger partial charge < -0.3 is 20.8 Å². The van der Waals surface area contributed by atoms with Crippen LogP contribution in [0.1, 0.15) is 44.1 Å². The number of rotatable bonds is 9. The van der Waals surface area contributed by atoms with Gasteiger partial charge in [0.05, 0.1) is 17.5 Å². The molecule has 160 valence electrons. The minimum absolute atomic E-state index is 0.241. The van der Waals surface area contributed by atoms with Gasteiger partial charge in [-0.15, -0.1) is 0 Å². The molecular weight excluding hydrogens is 386 g/mol. The molecule has 1 aromatic carbocycles. The van der Waals surface area contributed by atoms with Crippen LogP contribution in [0.25, 0.3) is 10.9 Å². The van der Waals surface area contributed by atoms with Crippen LogP contribution < -0.4 is 11.5 Å². The zero-order valence-electron chi connectivity index (χ0n) is 17.4. The van der Waals surface area contributed by atoms with Crippen LogP contribution in [-0.4, -0.2) is 34.2 Å². The van der Waals surface area contributed by atoms with Gasteiger partial charge in [0.2, 0.25) is 5.91 Å². The quantitative estimate of drug-likeness (QED) is 0.280. The lowest BCUT2D eigenvalue weighted by Crippen LogP contribution is -2.50. The second-order valence-electron chi connectivity index (χ2n) is 7.56. The summed E-state index contributed by atoms with van der Waals surface area (Å²) in [4.78, 5) is 48.2. The number of fused-ring (bicyclic) bond motifs is 1. The van der Waals surface area contributed by atoms with Gasteiger partial charge in [-0.2, -0.15) is 0 Å². The Balaban J connectivity index is 2.29. The number of nitrogens with zero attached hydrogens (tertiary/aromatic N) is 1. The average molecular weight is 413 g/mol. The summed E-state index contributed by atoms with van der Waals surface area (Å²) in [6.07, 6.45) is 3.23. The van der Waals surface area contributed by atoms with Crippen molar-refractivity contribution < 1.29 is 23.9 Å². The molecule has 0 fully saturated rings. The van der Waals surface area contributed by atoms with Crippen molar-refractivity contribution in [1.82, 2.24) is 4.57 Å². The number of para-hydroxylation sites is 1. The van der Waals surface area contributed by atoms with Crippen LogP contribution in [0.5, 0.6) is 0 Å². The van der Waals surface area contributed by atoms with E-state index >= 15 is 0 Å². The largest absolute Gasteiger partial charge is 0.392 e. The molecule has 0 aliphatic rings. The minimum atomic E-state index is -1.38. The maximum atomic E-state index is 13.4. The number of Topliss-reactive ketones (excluding diaryl/α,β-unsaturated/α-hetero) is 1. The molecule has 1 amide bonds. The summed E-state index contributed by atoms with van der Waals surface area (Å²) in [7, 11) is 0. The highest BCUT2D eigenvalue weighted by atomic mass is 16.6. The number of ketones is 1. The van der Waals surface area contributed by atoms with Crippen molar-refractivity contribution in [3.63, 3.8) is 0 Å². The van der Waals surface area contributed by atoms with E-state index in [0.29, 0.717) is 12.2 Å². The highest BCUT2D eigenvalue weighted by Crippen LogP contribution is 2.30. The number of amides is 1. The fourth-order valence-corrected chi connectivity index (χ4v) is 3.02. The van der Waals surface area contributed by atoms with Crippen molar-refractivity contribution in [1.29, 1.82) is 0 Å². The summed E-state index contributed by atoms with van der Waals surface area (Å²) < 4.78 is 6.56. The molecule has 1 aromatic heterocycles. The third-order valence-electron chi connectivity index (χ3n) is 4.97. The third kappa shape index (κ3) is 5.01. The van der Waals surface area contributed by atoms with Gasteiger partial charge in [0.25, 0.3) is 0 Å². The fraction of sp³-hybridized carbons (Fsp3) is 0.364. The van der Waals surface area contributed by atoms with E-state index in [1.54, 1.807) is 6.07 Å². The van der Waals surface area contributed by atoms with Gasteiger partial charge >= 0.3 is 11.9 Å². The Morgan fingerprint density at radius 2 is 1.83 bits per heavy atom. The third-order valence-corrected chi connectivity index (χ3v) is 4.97. The van der Waals surface area contributed by atoms with E-state index < -0.39 is 29.3 Å². The molecule has 1 heterocycles. The molecule has 30 heavy (non-hydrogen) atoms. The highest BCUT2D eigenvalue weighted by molar-refractivity contribution is 6.06. The molecule has 0 radical (unpaired) electrons. The van der Waals surface area contributed by atoms with E-state index in [-0.39, 0.29) is 18.6 Å². The molecule has 1 atom stereocenters. The summed E-state index contributed by atoms with van der Waals surface area (Å²) in [6, 6.07) is 7.96. The van der Waals surface area contributed by atoms with E-state index in [9.17, 15) is 19.2 Å². The first kappa shape index (κ1) is 23.0. The molecule has 4 N–H and O–H groups in total. The van der Waals surface area contributed by atoms with Crippen LogP contribution in [0.15, 0.2) is 42.5 Å². The van der Waals surface area contributed by atoms with E-state index in [1.807, 2.05) is 47.9 Å². The van der Waals surface area contributed by atoms with Gasteiger partial charge in [-0.1, -0.05) is 44.2 Å². The topological polar surface area (TPSA) is 134 Å². The van der Waals surface area contributed by atoms with Crippen LogP contribution >= 0.6 is 0 Å². The summed E-state index contributed by atoms with van der Waals surface area (Å²) in [6.45, 7) is 5.43. The molecule has 2 aromatic rings. The normalized spacial score (nSPS) is 12.8. The first-order valence-corrected chi connectivity index (χ1v) is 9.62. The molecule has 8 nitrogen and oxygen atoms in total. The Bertz CT molecular complexity index is 1000. The van der Waals surface area contributed by atoms with Gasteiger partial charge in [0.15, 0.2) is 5.78 Å². The number of carbonyl (C=O) groups is 4. The molecule has 0 saturated carbocycles. The first-order chi connectivity index (χ1) is 14.1. The Labute approximate surface area is 174 Å². The Morgan fingerprint density at radius 3 is 2.47 bits per heavy atom. The molecular formula is C22H27N3O5. The minimum Gasteiger partial charge on any atom is -0.392 e.